The first-order valence-electron chi connectivity index (χ1n) is 12.6. The van der Waals surface area contributed by atoms with Crippen molar-refractivity contribution in [2.75, 3.05) is 31.5 Å². The van der Waals surface area contributed by atoms with E-state index < -0.39 is 29.0 Å². The minimum absolute atomic E-state index is 0.0205. The van der Waals surface area contributed by atoms with Gasteiger partial charge in [-0.05, 0) is 30.2 Å². The summed E-state index contributed by atoms with van der Waals surface area (Å²) in [6.45, 7) is 2.81. The standard InChI is InChI=1S/C26H30F3N9O2/c27-20-9-22(29)21(28)8-17(20)12-38-13-18(14-38)35-26(40)37-25-34-11-19(23(39)36-25)16-4-2-15(3-5-16)10-32-6-1-7-33-24(30)31/h2-5,8-9,11,18,32H,1,6-7,10,12-14H2,(H4,30,31,33)(H3,34,35,36,37,39,40). The summed E-state index contributed by atoms with van der Waals surface area (Å²) in [5, 5.41) is 8.49. The van der Waals surface area contributed by atoms with Gasteiger partial charge in [0.15, 0.2) is 17.6 Å². The molecule has 1 aromatic heterocycles. The van der Waals surface area contributed by atoms with E-state index in [1.165, 1.54) is 6.20 Å². The number of aliphatic imine (C=N–C) groups is 1. The summed E-state index contributed by atoms with van der Waals surface area (Å²) in [6.07, 6.45) is 2.18. The van der Waals surface area contributed by atoms with Crippen molar-refractivity contribution in [3.05, 3.63) is 81.5 Å². The molecule has 0 atom stereocenters. The van der Waals surface area contributed by atoms with Gasteiger partial charge in [-0.15, -0.1) is 0 Å². The van der Waals surface area contributed by atoms with Crippen LogP contribution < -0.4 is 33.0 Å². The van der Waals surface area contributed by atoms with Crippen LogP contribution in [0.25, 0.3) is 11.1 Å². The van der Waals surface area contributed by atoms with E-state index in [4.69, 9.17) is 11.5 Å². The Labute approximate surface area is 227 Å². The zero-order chi connectivity index (χ0) is 28.6. The third kappa shape index (κ3) is 7.80. The molecule has 1 aliphatic heterocycles. The molecule has 0 radical (unpaired) electrons. The molecule has 0 spiro atoms. The molecule has 11 nitrogen and oxygen atoms in total. The number of amides is 2. The molecule has 2 heterocycles. The first-order valence-corrected chi connectivity index (χ1v) is 12.6. The zero-order valence-corrected chi connectivity index (χ0v) is 21.5. The number of rotatable bonds is 11. The molecule has 0 unspecified atom stereocenters. The molecular formula is C26H30F3N9O2. The highest BCUT2D eigenvalue weighted by Gasteiger charge is 2.29. The van der Waals surface area contributed by atoms with Crippen LogP contribution in [0, 0.1) is 17.5 Å². The lowest BCUT2D eigenvalue weighted by atomic mass is 10.1. The van der Waals surface area contributed by atoms with Gasteiger partial charge >= 0.3 is 6.03 Å². The second-order valence-corrected chi connectivity index (χ2v) is 9.36. The lowest BCUT2D eigenvalue weighted by molar-refractivity contribution is 0.122. The first kappa shape index (κ1) is 28.6. The smallest absolute Gasteiger partial charge is 0.321 e. The number of H-pyrrole nitrogens is 1. The van der Waals surface area contributed by atoms with Crippen LogP contribution in [0.4, 0.5) is 23.9 Å². The number of aromatic amines is 1. The minimum atomic E-state index is -1.24. The molecule has 1 fully saturated rings. The van der Waals surface area contributed by atoms with Crippen LogP contribution in [0.2, 0.25) is 0 Å². The number of hydrogen-bond donors (Lipinski definition) is 6. The van der Waals surface area contributed by atoms with Crippen molar-refractivity contribution >= 4 is 17.9 Å². The van der Waals surface area contributed by atoms with Crippen molar-refractivity contribution in [2.24, 2.45) is 16.5 Å². The molecule has 8 N–H and O–H groups in total. The Morgan fingerprint density at radius 2 is 1.82 bits per heavy atom. The van der Waals surface area contributed by atoms with Crippen LogP contribution in [0.1, 0.15) is 17.5 Å². The molecule has 14 heteroatoms. The second-order valence-electron chi connectivity index (χ2n) is 9.36. The average molecular weight is 558 g/mol. The predicted octanol–water partition coefficient (Wildman–Crippen LogP) is 1.61. The topological polar surface area (TPSA) is 167 Å². The van der Waals surface area contributed by atoms with E-state index in [9.17, 15) is 22.8 Å². The highest BCUT2D eigenvalue weighted by atomic mass is 19.2. The zero-order valence-electron chi connectivity index (χ0n) is 21.5. The molecule has 0 bridgehead atoms. The Morgan fingerprint density at radius 1 is 1.10 bits per heavy atom. The van der Waals surface area contributed by atoms with Gasteiger partial charge in [0.25, 0.3) is 5.56 Å². The SMILES string of the molecule is NC(N)=NCCCNCc1ccc(-c2cnc(NC(=O)NC3CN(Cc4cc(F)c(F)cc4F)C3)[nH]c2=O)cc1. The summed E-state index contributed by atoms with van der Waals surface area (Å²) >= 11 is 0. The Balaban J connectivity index is 1.21. The van der Waals surface area contributed by atoms with Crippen LogP contribution >= 0.6 is 0 Å². The highest BCUT2D eigenvalue weighted by Crippen LogP contribution is 2.19. The van der Waals surface area contributed by atoms with Gasteiger partial charge in [0.1, 0.15) is 5.82 Å². The van der Waals surface area contributed by atoms with Crippen LogP contribution in [0.3, 0.4) is 0 Å². The molecule has 4 rings (SSSR count). The van der Waals surface area contributed by atoms with Gasteiger partial charge < -0.3 is 22.1 Å². The molecule has 0 aliphatic carbocycles. The van der Waals surface area contributed by atoms with E-state index >= 15 is 0 Å². The maximum absolute atomic E-state index is 13.8. The van der Waals surface area contributed by atoms with Crippen molar-refractivity contribution in [1.29, 1.82) is 0 Å². The Kier molecular flexibility index (Phi) is 9.35. The fraction of sp³-hybridized carbons (Fsp3) is 0.308. The Hall–Kier alpha value is -4.43. The second kappa shape index (κ2) is 13.1. The molecule has 2 amide bonds. The largest absolute Gasteiger partial charge is 0.370 e. The molecule has 3 aromatic rings. The third-order valence-corrected chi connectivity index (χ3v) is 6.21. The number of anilines is 1. The molecule has 2 aromatic carbocycles. The van der Waals surface area contributed by atoms with Gasteiger partial charge in [-0.3, -0.25) is 25.0 Å². The lowest BCUT2D eigenvalue weighted by Crippen LogP contribution is -2.59. The molecule has 1 aliphatic rings. The summed E-state index contributed by atoms with van der Waals surface area (Å²) in [4.78, 5) is 37.3. The lowest BCUT2D eigenvalue weighted by Gasteiger charge is -2.39. The van der Waals surface area contributed by atoms with E-state index in [-0.39, 0.29) is 30.1 Å². The molecule has 0 saturated carbocycles. The maximum Gasteiger partial charge on any atom is 0.321 e. The average Bonchev–Trinajstić information content (AvgIpc) is 2.88. The van der Waals surface area contributed by atoms with Crippen LogP contribution in [-0.2, 0) is 13.1 Å². The maximum atomic E-state index is 13.8. The van der Waals surface area contributed by atoms with E-state index in [2.05, 4.69) is 30.9 Å². The van der Waals surface area contributed by atoms with Crippen molar-refractivity contribution < 1.29 is 18.0 Å². The minimum Gasteiger partial charge on any atom is -0.370 e. The quantitative estimate of drug-likeness (QED) is 0.0902. The number of aromatic nitrogens is 2. The summed E-state index contributed by atoms with van der Waals surface area (Å²) in [5.41, 5.74) is 12.3. The van der Waals surface area contributed by atoms with Crippen LogP contribution in [0.15, 0.2) is 52.4 Å². The monoisotopic (exact) mass is 557 g/mol. The number of guanidine groups is 1. The Morgan fingerprint density at radius 3 is 2.52 bits per heavy atom. The van der Waals surface area contributed by atoms with E-state index in [1.807, 2.05) is 24.3 Å². The summed E-state index contributed by atoms with van der Waals surface area (Å²) in [5.74, 6) is -3.13. The van der Waals surface area contributed by atoms with E-state index in [0.717, 1.165) is 24.6 Å². The normalized spacial score (nSPS) is 13.5. The van der Waals surface area contributed by atoms with Gasteiger partial charge in [0.2, 0.25) is 5.95 Å². The van der Waals surface area contributed by atoms with Gasteiger partial charge in [-0.25, -0.2) is 22.9 Å². The van der Waals surface area contributed by atoms with Gasteiger partial charge in [-0.2, -0.15) is 0 Å². The van der Waals surface area contributed by atoms with Gasteiger partial charge in [0, 0.05) is 50.6 Å². The number of benzene rings is 2. The fourth-order valence-corrected chi connectivity index (χ4v) is 4.16. The highest BCUT2D eigenvalue weighted by molar-refractivity contribution is 5.87. The Bertz CT molecular complexity index is 1420. The number of likely N-dealkylation sites (tertiary alicyclic amines) is 1. The van der Waals surface area contributed by atoms with E-state index in [1.54, 1.807) is 4.90 Å². The molecule has 1 saturated heterocycles. The fourth-order valence-electron chi connectivity index (χ4n) is 4.16. The van der Waals surface area contributed by atoms with Crippen LogP contribution in [-0.4, -0.2) is 59.1 Å². The van der Waals surface area contributed by atoms with Gasteiger partial charge in [0.05, 0.1) is 11.6 Å². The number of urea groups is 1. The predicted molar refractivity (Wildman–Crippen MR) is 145 cm³/mol. The van der Waals surface area contributed by atoms with Crippen molar-refractivity contribution in [3.63, 3.8) is 0 Å². The van der Waals surface area contributed by atoms with Gasteiger partial charge in [-0.1, -0.05) is 24.3 Å². The first-order chi connectivity index (χ1) is 19.2. The third-order valence-electron chi connectivity index (χ3n) is 6.21. The summed E-state index contributed by atoms with van der Waals surface area (Å²) < 4.78 is 40.3. The van der Waals surface area contributed by atoms with Crippen molar-refractivity contribution in [1.82, 2.24) is 25.5 Å². The number of halogens is 3. The number of nitrogens with one attached hydrogen (secondary N) is 4. The van der Waals surface area contributed by atoms with Crippen molar-refractivity contribution in [3.8, 4) is 11.1 Å². The number of nitrogens with zero attached hydrogens (tertiary/aromatic N) is 3. The van der Waals surface area contributed by atoms with E-state index in [0.29, 0.717) is 43.4 Å². The number of carbonyl (C=O) groups is 1. The number of carbonyl (C=O) groups excluding carboxylic acids is 1. The number of nitrogens with two attached hydrogens (primary N) is 2. The van der Waals surface area contributed by atoms with Crippen molar-refractivity contribution in [2.45, 2.75) is 25.6 Å². The molecular weight excluding hydrogens is 527 g/mol. The molecule has 40 heavy (non-hydrogen) atoms. The summed E-state index contributed by atoms with van der Waals surface area (Å²) in [6, 6.07) is 7.97. The van der Waals surface area contributed by atoms with Crippen LogP contribution in [0.5, 0.6) is 0 Å². The number of hydrogen-bond acceptors (Lipinski definition) is 6. The summed E-state index contributed by atoms with van der Waals surface area (Å²) in [7, 11) is 0. The molecule has 212 valence electrons.